The number of carbonyl (C=O) groups is 1. The summed E-state index contributed by atoms with van der Waals surface area (Å²) >= 11 is 0. The Morgan fingerprint density at radius 1 is 1.31 bits per heavy atom. The molecule has 0 saturated heterocycles. The standard InChI is InChI=1S/C11H21O2/c1-5-6-7-8-13-9-10(12)11(2,3)4/h9H,5-8H2,1-4H3. The van der Waals surface area contributed by atoms with E-state index in [0.29, 0.717) is 6.61 Å². The van der Waals surface area contributed by atoms with Gasteiger partial charge in [-0.2, -0.15) is 0 Å². The predicted molar refractivity (Wildman–Crippen MR) is 54.2 cm³/mol. The molecule has 2 heteroatoms. The second-order valence-electron chi connectivity index (χ2n) is 4.31. The number of unbranched alkanes of at least 4 members (excludes halogenated alkanes) is 2. The van der Waals surface area contributed by atoms with Gasteiger partial charge in [0.15, 0.2) is 5.78 Å². The van der Waals surface area contributed by atoms with Gasteiger partial charge in [-0.1, -0.05) is 40.5 Å². The maximum absolute atomic E-state index is 11.3. The molecule has 0 unspecified atom stereocenters. The summed E-state index contributed by atoms with van der Waals surface area (Å²) in [6.07, 6.45) is 3.37. The van der Waals surface area contributed by atoms with E-state index < -0.39 is 0 Å². The van der Waals surface area contributed by atoms with E-state index >= 15 is 0 Å². The van der Waals surface area contributed by atoms with Gasteiger partial charge in [0.05, 0.1) is 0 Å². The number of carbonyl (C=O) groups excluding carboxylic acids is 1. The van der Waals surface area contributed by atoms with Crippen LogP contribution in [0.2, 0.25) is 0 Å². The van der Waals surface area contributed by atoms with Crippen LogP contribution in [0.15, 0.2) is 0 Å². The van der Waals surface area contributed by atoms with Gasteiger partial charge in [0.25, 0.3) is 0 Å². The first-order valence-electron chi connectivity index (χ1n) is 4.97. The smallest absolute Gasteiger partial charge is 0.170 e. The second-order valence-corrected chi connectivity index (χ2v) is 4.31. The van der Waals surface area contributed by atoms with E-state index in [4.69, 9.17) is 4.74 Å². The molecule has 0 aromatic carbocycles. The van der Waals surface area contributed by atoms with Gasteiger partial charge >= 0.3 is 0 Å². The number of hydrogen-bond acceptors (Lipinski definition) is 2. The molecule has 0 rings (SSSR count). The fourth-order valence-corrected chi connectivity index (χ4v) is 0.747. The molecule has 77 valence electrons. The monoisotopic (exact) mass is 185 g/mol. The third-order valence-corrected chi connectivity index (χ3v) is 1.80. The fourth-order valence-electron chi connectivity index (χ4n) is 0.747. The summed E-state index contributed by atoms with van der Waals surface area (Å²) in [4.78, 5) is 11.3. The highest BCUT2D eigenvalue weighted by atomic mass is 16.5. The SMILES string of the molecule is CCCCCO[CH]C(=O)C(C)(C)C. The Morgan fingerprint density at radius 2 is 1.92 bits per heavy atom. The maximum Gasteiger partial charge on any atom is 0.170 e. The first-order valence-corrected chi connectivity index (χ1v) is 4.97. The van der Waals surface area contributed by atoms with Gasteiger partial charge in [-0.05, 0) is 6.42 Å². The van der Waals surface area contributed by atoms with Crippen LogP contribution in [0.25, 0.3) is 0 Å². The highest BCUT2D eigenvalue weighted by Crippen LogP contribution is 2.16. The molecule has 0 spiro atoms. The van der Waals surface area contributed by atoms with Crippen molar-refractivity contribution in [3.05, 3.63) is 6.61 Å². The molecule has 0 aromatic heterocycles. The van der Waals surface area contributed by atoms with E-state index in [1.54, 1.807) is 0 Å². The van der Waals surface area contributed by atoms with Crippen molar-refractivity contribution in [2.24, 2.45) is 5.41 Å². The van der Waals surface area contributed by atoms with Crippen molar-refractivity contribution in [3.8, 4) is 0 Å². The summed E-state index contributed by atoms with van der Waals surface area (Å²) in [5.74, 6) is 0.0593. The van der Waals surface area contributed by atoms with Crippen LogP contribution in [0.1, 0.15) is 47.0 Å². The average Bonchev–Trinajstić information content (AvgIpc) is 2.02. The van der Waals surface area contributed by atoms with E-state index in [1.165, 1.54) is 13.0 Å². The van der Waals surface area contributed by atoms with Crippen LogP contribution in [-0.2, 0) is 9.53 Å². The molecule has 1 radical (unpaired) electrons. The number of Topliss-reactive ketones (excluding diaryl/α,β-unsaturated/α-hetero) is 1. The first-order chi connectivity index (χ1) is 5.98. The molecule has 2 nitrogen and oxygen atoms in total. The molecule has 0 N–H and O–H groups in total. The van der Waals surface area contributed by atoms with Crippen LogP contribution in [0.4, 0.5) is 0 Å². The third kappa shape index (κ3) is 6.76. The molecule has 0 heterocycles. The van der Waals surface area contributed by atoms with Crippen molar-refractivity contribution in [2.75, 3.05) is 6.61 Å². The van der Waals surface area contributed by atoms with Gasteiger partial charge in [0, 0.05) is 12.0 Å². The van der Waals surface area contributed by atoms with Gasteiger partial charge in [0.1, 0.15) is 6.61 Å². The van der Waals surface area contributed by atoms with Gasteiger partial charge in [-0.15, -0.1) is 0 Å². The second kappa shape index (κ2) is 6.14. The van der Waals surface area contributed by atoms with E-state index in [-0.39, 0.29) is 11.2 Å². The lowest BCUT2D eigenvalue weighted by Crippen LogP contribution is -2.21. The zero-order valence-electron chi connectivity index (χ0n) is 9.22. The zero-order chi connectivity index (χ0) is 10.3. The lowest BCUT2D eigenvalue weighted by molar-refractivity contribution is -0.126. The highest BCUT2D eigenvalue weighted by molar-refractivity contribution is 5.89. The Kier molecular flexibility index (Phi) is 5.97. The number of ketones is 1. The van der Waals surface area contributed by atoms with E-state index in [1.807, 2.05) is 20.8 Å². The fraction of sp³-hybridized carbons (Fsp3) is 0.818. The summed E-state index contributed by atoms with van der Waals surface area (Å²) in [5, 5.41) is 0. The van der Waals surface area contributed by atoms with Crippen LogP contribution >= 0.6 is 0 Å². The number of ether oxygens (including phenoxy) is 1. The minimum Gasteiger partial charge on any atom is -0.367 e. The lowest BCUT2D eigenvalue weighted by Gasteiger charge is -2.15. The molecule has 0 atom stereocenters. The Morgan fingerprint density at radius 3 is 2.38 bits per heavy atom. The van der Waals surface area contributed by atoms with E-state index in [2.05, 4.69) is 6.92 Å². The van der Waals surface area contributed by atoms with Crippen molar-refractivity contribution in [1.82, 2.24) is 0 Å². The Balaban J connectivity index is 3.38. The van der Waals surface area contributed by atoms with Crippen LogP contribution in [-0.4, -0.2) is 12.4 Å². The number of rotatable bonds is 6. The molecule has 13 heavy (non-hydrogen) atoms. The zero-order valence-corrected chi connectivity index (χ0v) is 9.22. The topological polar surface area (TPSA) is 26.3 Å². The Labute approximate surface area is 81.7 Å². The average molecular weight is 185 g/mol. The molecule has 0 aliphatic rings. The Bertz CT molecular complexity index is 145. The van der Waals surface area contributed by atoms with Crippen molar-refractivity contribution in [2.45, 2.75) is 47.0 Å². The van der Waals surface area contributed by atoms with Crippen LogP contribution < -0.4 is 0 Å². The van der Waals surface area contributed by atoms with Crippen molar-refractivity contribution >= 4 is 5.78 Å². The summed E-state index contributed by atoms with van der Waals surface area (Å²) < 4.78 is 5.15. The van der Waals surface area contributed by atoms with Crippen LogP contribution in [0, 0.1) is 12.0 Å². The van der Waals surface area contributed by atoms with Gasteiger partial charge in [-0.3, -0.25) is 4.79 Å². The largest absolute Gasteiger partial charge is 0.367 e. The summed E-state index contributed by atoms with van der Waals surface area (Å²) in [6, 6.07) is 0. The Hall–Kier alpha value is -0.370. The van der Waals surface area contributed by atoms with Gasteiger partial charge in [-0.25, -0.2) is 0 Å². The van der Waals surface area contributed by atoms with E-state index in [9.17, 15) is 4.79 Å². The van der Waals surface area contributed by atoms with Crippen molar-refractivity contribution < 1.29 is 9.53 Å². The molecular formula is C11H21O2. The van der Waals surface area contributed by atoms with Gasteiger partial charge < -0.3 is 4.74 Å². The lowest BCUT2D eigenvalue weighted by atomic mass is 9.91. The quantitative estimate of drug-likeness (QED) is 0.595. The molecule has 0 aliphatic heterocycles. The molecule has 0 fully saturated rings. The van der Waals surface area contributed by atoms with Gasteiger partial charge in [0.2, 0.25) is 0 Å². The molecule has 0 amide bonds. The summed E-state index contributed by atoms with van der Waals surface area (Å²) in [5.41, 5.74) is -0.315. The normalized spacial score (nSPS) is 11.7. The first kappa shape index (κ1) is 12.6. The van der Waals surface area contributed by atoms with Crippen molar-refractivity contribution in [1.29, 1.82) is 0 Å². The summed E-state index contributed by atoms with van der Waals surface area (Å²) in [6.45, 7) is 9.83. The molecule has 0 bridgehead atoms. The maximum atomic E-state index is 11.3. The molecular weight excluding hydrogens is 164 g/mol. The number of hydrogen-bond donors (Lipinski definition) is 0. The predicted octanol–water partition coefficient (Wildman–Crippen LogP) is 2.97. The minimum atomic E-state index is -0.315. The van der Waals surface area contributed by atoms with Crippen LogP contribution in [0.5, 0.6) is 0 Å². The van der Waals surface area contributed by atoms with Crippen molar-refractivity contribution in [3.63, 3.8) is 0 Å². The molecule has 0 aromatic rings. The third-order valence-electron chi connectivity index (χ3n) is 1.80. The highest BCUT2D eigenvalue weighted by Gasteiger charge is 2.21. The molecule has 0 aliphatic carbocycles. The van der Waals surface area contributed by atoms with Crippen LogP contribution in [0.3, 0.4) is 0 Å². The molecule has 0 saturated carbocycles. The summed E-state index contributed by atoms with van der Waals surface area (Å²) in [7, 11) is 0. The van der Waals surface area contributed by atoms with E-state index in [0.717, 1.165) is 12.8 Å². The minimum absolute atomic E-state index is 0.0593.